The minimum absolute atomic E-state index is 0.230. The first kappa shape index (κ1) is 14.8. The van der Waals surface area contributed by atoms with Crippen LogP contribution in [0.1, 0.15) is 33.6 Å². The number of fused-ring (bicyclic) bond motifs is 1. The summed E-state index contributed by atoms with van der Waals surface area (Å²) >= 11 is 1.57. The lowest BCUT2D eigenvalue weighted by Gasteiger charge is -2.25. The van der Waals surface area contributed by atoms with E-state index in [4.69, 9.17) is 0 Å². The molecule has 5 heteroatoms. The van der Waals surface area contributed by atoms with Gasteiger partial charge in [-0.25, -0.2) is 0 Å². The molecule has 0 spiro atoms. The summed E-state index contributed by atoms with van der Waals surface area (Å²) in [6, 6.07) is 7.04. The highest BCUT2D eigenvalue weighted by Gasteiger charge is 2.44. The number of rotatable bonds is 3. The van der Waals surface area contributed by atoms with Crippen molar-refractivity contribution in [1.82, 2.24) is 14.8 Å². The van der Waals surface area contributed by atoms with Crippen LogP contribution in [0.15, 0.2) is 36.0 Å². The maximum atomic E-state index is 12.8. The molecule has 4 nitrogen and oxygen atoms in total. The average Bonchev–Trinajstić information content (AvgIpc) is 3.25. The average molecular weight is 327 g/mol. The van der Waals surface area contributed by atoms with Crippen LogP contribution < -0.4 is 0 Å². The number of carbonyl (C=O) groups is 1. The van der Waals surface area contributed by atoms with Gasteiger partial charge < -0.3 is 4.90 Å². The summed E-state index contributed by atoms with van der Waals surface area (Å²) in [5, 5.41) is 2.01. The highest BCUT2D eigenvalue weighted by atomic mass is 32.1. The Balaban J connectivity index is 1.48. The molecule has 0 aliphatic carbocycles. The fraction of sp³-hybridized carbons (Fsp3) is 0.444. The molecule has 0 radical (unpaired) electrons. The lowest BCUT2D eigenvalue weighted by molar-refractivity contribution is 0.0736. The quantitative estimate of drug-likeness (QED) is 0.870. The van der Waals surface area contributed by atoms with E-state index in [1.807, 2.05) is 36.8 Å². The molecule has 23 heavy (non-hydrogen) atoms. The Morgan fingerprint density at radius 1 is 1.30 bits per heavy atom. The summed E-state index contributed by atoms with van der Waals surface area (Å²) in [6.07, 6.45) is 5.93. The predicted octanol–water partition coefficient (Wildman–Crippen LogP) is 2.94. The van der Waals surface area contributed by atoms with Gasteiger partial charge in [-0.3, -0.25) is 14.7 Å². The van der Waals surface area contributed by atoms with Crippen LogP contribution in [0, 0.1) is 6.92 Å². The second-order valence-corrected chi connectivity index (χ2v) is 7.39. The topological polar surface area (TPSA) is 36.4 Å². The minimum Gasteiger partial charge on any atom is -0.333 e. The van der Waals surface area contributed by atoms with Crippen LogP contribution in [0.4, 0.5) is 0 Å². The Morgan fingerprint density at radius 2 is 2.17 bits per heavy atom. The zero-order valence-corrected chi connectivity index (χ0v) is 14.1. The number of amides is 1. The van der Waals surface area contributed by atoms with Crippen LogP contribution in [-0.2, 0) is 6.54 Å². The molecule has 4 heterocycles. The number of aryl methyl sites for hydroxylation is 1. The van der Waals surface area contributed by atoms with Gasteiger partial charge in [0.1, 0.15) is 0 Å². The largest absolute Gasteiger partial charge is 0.333 e. The normalized spacial score (nSPS) is 24.1. The lowest BCUT2D eigenvalue weighted by atomic mass is 10.1. The zero-order chi connectivity index (χ0) is 15.8. The summed E-state index contributed by atoms with van der Waals surface area (Å²) in [4.78, 5) is 22.6. The van der Waals surface area contributed by atoms with Gasteiger partial charge in [-0.05, 0) is 48.4 Å². The van der Waals surface area contributed by atoms with Gasteiger partial charge in [-0.2, -0.15) is 0 Å². The minimum atomic E-state index is 0.230. The van der Waals surface area contributed by atoms with E-state index in [-0.39, 0.29) is 5.91 Å². The van der Waals surface area contributed by atoms with Gasteiger partial charge in [0, 0.05) is 44.1 Å². The highest BCUT2D eigenvalue weighted by molar-refractivity contribution is 7.12. The van der Waals surface area contributed by atoms with Crippen molar-refractivity contribution in [3.05, 3.63) is 52.0 Å². The molecule has 1 amide bonds. The second kappa shape index (κ2) is 6.06. The molecular weight excluding hydrogens is 306 g/mol. The first-order valence-corrected chi connectivity index (χ1v) is 9.10. The van der Waals surface area contributed by atoms with Crippen LogP contribution in [0.2, 0.25) is 0 Å². The van der Waals surface area contributed by atoms with Gasteiger partial charge in [0.05, 0.1) is 4.88 Å². The SMILES string of the molecule is Cc1ccsc1C(=O)N1CC[C@H]2[C@H]1CCN2Cc1cccnc1. The van der Waals surface area contributed by atoms with Crippen molar-refractivity contribution in [3.63, 3.8) is 0 Å². The Bertz CT molecular complexity index is 699. The summed E-state index contributed by atoms with van der Waals surface area (Å²) in [5.41, 5.74) is 2.36. The van der Waals surface area contributed by atoms with E-state index in [1.165, 1.54) is 5.56 Å². The first-order chi connectivity index (χ1) is 11.2. The monoisotopic (exact) mass is 327 g/mol. The van der Waals surface area contributed by atoms with Crippen molar-refractivity contribution < 1.29 is 4.79 Å². The molecule has 4 rings (SSSR count). The van der Waals surface area contributed by atoms with Gasteiger partial charge in [-0.1, -0.05) is 6.07 Å². The van der Waals surface area contributed by atoms with E-state index in [9.17, 15) is 4.79 Å². The van der Waals surface area contributed by atoms with Crippen LogP contribution in [0.25, 0.3) is 0 Å². The molecule has 2 aromatic rings. The molecule has 2 fully saturated rings. The van der Waals surface area contributed by atoms with E-state index in [1.54, 1.807) is 11.3 Å². The third-order valence-electron chi connectivity index (χ3n) is 5.12. The predicted molar refractivity (Wildman–Crippen MR) is 91.5 cm³/mol. The number of hydrogen-bond donors (Lipinski definition) is 0. The Labute approximate surface area is 140 Å². The van der Waals surface area contributed by atoms with Crippen molar-refractivity contribution >= 4 is 17.2 Å². The number of carbonyl (C=O) groups excluding carboxylic acids is 1. The zero-order valence-electron chi connectivity index (χ0n) is 13.3. The van der Waals surface area contributed by atoms with E-state index in [0.717, 1.165) is 42.9 Å². The molecule has 2 aliphatic heterocycles. The van der Waals surface area contributed by atoms with Crippen molar-refractivity contribution in [2.75, 3.05) is 13.1 Å². The Morgan fingerprint density at radius 3 is 2.91 bits per heavy atom. The number of likely N-dealkylation sites (tertiary alicyclic amines) is 2. The second-order valence-electron chi connectivity index (χ2n) is 6.48. The molecule has 2 saturated heterocycles. The van der Waals surface area contributed by atoms with E-state index >= 15 is 0 Å². The van der Waals surface area contributed by atoms with Crippen molar-refractivity contribution in [2.24, 2.45) is 0 Å². The molecule has 0 saturated carbocycles. The highest BCUT2D eigenvalue weighted by Crippen LogP contribution is 2.34. The van der Waals surface area contributed by atoms with Crippen LogP contribution in [0.3, 0.4) is 0 Å². The summed E-state index contributed by atoms with van der Waals surface area (Å²) in [5.74, 6) is 0.230. The van der Waals surface area contributed by atoms with Crippen molar-refractivity contribution in [3.8, 4) is 0 Å². The lowest BCUT2D eigenvalue weighted by Crippen LogP contribution is -2.39. The fourth-order valence-electron chi connectivity index (χ4n) is 3.97. The maximum Gasteiger partial charge on any atom is 0.264 e. The standard InChI is InChI=1S/C18H21N3OS/c1-13-6-10-23-17(13)18(22)21-9-5-15-16(21)4-8-20(15)12-14-3-2-7-19-11-14/h2-3,6-7,10-11,15-16H,4-5,8-9,12H2,1H3/t15-,16+/m0/s1. The Hall–Kier alpha value is -1.72. The summed E-state index contributed by atoms with van der Waals surface area (Å²) in [7, 11) is 0. The number of nitrogens with zero attached hydrogens (tertiary/aromatic N) is 3. The van der Waals surface area contributed by atoms with E-state index < -0.39 is 0 Å². The third-order valence-corrected chi connectivity index (χ3v) is 6.12. The van der Waals surface area contributed by atoms with E-state index in [2.05, 4.69) is 20.9 Å². The van der Waals surface area contributed by atoms with Gasteiger partial charge >= 0.3 is 0 Å². The van der Waals surface area contributed by atoms with Gasteiger partial charge in [0.15, 0.2) is 0 Å². The van der Waals surface area contributed by atoms with E-state index in [0.29, 0.717) is 12.1 Å². The number of thiophene rings is 1. The molecule has 0 aromatic carbocycles. The molecule has 2 aliphatic rings. The Kier molecular flexibility index (Phi) is 3.91. The van der Waals surface area contributed by atoms with Gasteiger partial charge in [0.25, 0.3) is 5.91 Å². The van der Waals surface area contributed by atoms with Crippen molar-refractivity contribution in [1.29, 1.82) is 0 Å². The number of hydrogen-bond acceptors (Lipinski definition) is 4. The molecule has 2 atom stereocenters. The van der Waals surface area contributed by atoms with Crippen LogP contribution in [0.5, 0.6) is 0 Å². The molecule has 0 N–H and O–H groups in total. The molecular formula is C18H21N3OS. The van der Waals surface area contributed by atoms with Crippen LogP contribution >= 0.6 is 11.3 Å². The molecule has 120 valence electrons. The van der Waals surface area contributed by atoms with Crippen LogP contribution in [-0.4, -0.2) is 45.9 Å². The summed E-state index contributed by atoms with van der Waals surface area (Å²) < 4.78 is 0. The first-order valence-electron chi connectivity index (χ1n) is 8.22. The number of aromatic nitrogens is 1. The fourth-order valence-corrected chi connectivity index (χ4v) is 4.85. The van der Waals surface area contributed by atoms with Crippen molar-refractivity contribution in [2.45, 2.75) is 38.4 Å². The maximum absolute atomic E-state index is 12.8. The smallest absolute Gasteiger partial charge is 0.264 e. The summed E-state index contributed by atoms with van der Waals surface area (Å²) in [6.45, 7) is 4.92. The number of pyridine rings is 1. The molecule has 0 unspecified atom stereocenters. The van der Waals surface area contributed by atoms with Gasteiger partial charge in [-0.15, -0.1) is 11.3 Å². The molecule has 0 bridgehead atoms. The van der Waals surface area contributed by atoms with Gasteiger partial charge in [0.2, 0.25) is 0 Å². The third kappa shape index (κ3) is 2.68. The molecule has 2 aromatic heterocycles.